The molecule has 1 aliphatic rings. The average molecular weight is 340 g/mol. The molecule has 6 heteroatoms. The van der Waals surface area contributed by atoms with Gasteiger partial charge in [-0.15, -0.1) is 0 Å². The lowest BCUT2D eigenvalue weighted by atomic mass is 10.0. The Bertz CT molecular complexity index is 575. The minimum Gasteiger partial charge on any atom is -0.370 e. The van der Waals surface area contributed by atoms with Crippen molar-refractivity contribution < 1.29 is 8.42 Å². The maximum Gasteiger partial charge on any atom is 0.213 e. The Morgan fingerprint density at radius 2 is 1.87 bits per heavy atom. The van der Waals surface area contributed by atoms with Crippen molar-refractivity contribution in [1.82, 2.24) is 9.21 Å². The van der Waals surface area contributed by atoms with E-state index in [9.17, 15) is 8.42 Å². The van der Waals surface area contributed by atoms with Crippen molar-refractivity contribution in [2.45, 2.75) is 25.3 Å². The van der Waals surface area contributed by atoms with Crippen LogP contribution in [0.4, 0.5) is 5.69 Å². The molecule has 1 heterocycles. The molecule has 0 aliphatic carbocycles. The molecule has 0 aromatic heterocycles. The van der Waals surface area contributed by atoms with Gasteiger partial charge in [0, 0.05) is 38.9 Å². The van der Waals surface area contributed by atoms with Gasteiger partial charge in [0.15, 0.2) is 0 Å². The first-order valence-electron chi connectivity index (χ1n) is 8.30. The van der Waals surface area contributed by atoms with E-state index in [4.69, 9.17) is 0 Å². The lowest BCUT2D eigenvalue weighted by Crippen LogP contribution is -2.47. The van der Waals surface area contributed by atoms with Crippen molar-refractivity contribution in [2.75, 3.05) is 51.4 Å². The molecule has 1 atom stereocenters. The Morgan fingerprint density at radius 1 is 1.17 bits per heavy atom. The molecule has 23 heavy (non-hydrogen) atoms. The summed E-state index contributed by atoms with van der Waals surface area (Å²) in [7, 11) is 2.22. The lowest BCUT2D eigenvalue weighted by molar-refractivity contribution is 0.216. The topological polar surface area (TPSA) is 43.9 Å². The van der Waals surface area contributed by atoms with Crippen LogP contribution >= 0.6 is 0 Å². The highest BCUT2D eigenvalue weighted by atomic mass is 32.2. The van der Waals surface area contributed by atoms with E-state index >= 15 is 0 Å². The van der Waals surface area contributed by atoms with Gasteiger partial charge in [0.2, 0.25) is 10.0 Å². The van der Waals surface area contributed by atoms with Crippen LogP contribution in [0.15, 0.2) is 30.3 Å². The number of rotatable bonds is 7. The molecule has 1 aliphatic heterocycles. The molecule has 0 spiro atoms. The summed E-state index contributed by atoms with van der Waals surface area (Å²) in [5.41, 5.74) is 1.28. The normalized spacial score (nSPS) is 19.5. The SMILES string of the molecule is CN(CCCS(=O)(=O)N(C)C)[C@@H]1CCCN(c2ccccc2)C1. The number of likely N-dealkylation sites (N-methyl/N-ethyl adjacent to an activating group) is 1. The van der Waals surface area contributed by atoms with Crippen LogP contribution in [-0.4, -0.2) is 70.2 Å². The number of piperidine rings is 1. The molecule has 0 amide bonds. The maximum absolute atomic E-state index is 11.8. The summed E-state index contributed by atoms with van der Waals surface area (Å²) in [6.07, 6.45) is 3.04. The molecule has 0 bridgehead atoms. The average Bonchev–Trinajstić information content (AvgIpc) is 2.55. The van der Waals surface area contributed by atoms with E-state index in [0.717, 1.165) is 19.6 Å². The first kappa shape index (κ1) is 18.2. The van der Waals surface area contributed by atoms with Crippen LogP contribution < -0.4 is 4.90 Å². The number of hydrogen-bond donors (Lipinski definition) is 0. The summed E-state index contributed by atoms with van der Waals surface area (Å²) in [5, 5.41) is 0. The van der Waals surface area contributed by atoms with Crippen molar-refractivity contribution in [3.05, 3.63) is 30.3 Å². The molecule has 2 rings (SSSR count). The van der Waals surface area contributed by atoms with Crippen LogP contribution in [0.2, 0.25) is 0 Å². The number of nitrogens with zero attached hydrogens (tertiary/aromatic N) is 3. The Labute approximate surface area is 140 Å². The zero-order valence-electron chi connectivity index (χ0n) is 14.5. The Morgan fingerprint density at radius 3 is 2.52 bits per heavy atom. The van der Waals surface area contributed by atoms with Crippen molar-refractivity contribution >= 4 is 15.7 Å². The van der Waals surface area contributed by atoms with Gasteiger partial charge >= 0.3 is 0 Å². The number of anilines is 1. The van der Waals surface area contributed by atoms with Crippen LogP contribution in [0.3, 0.4) is 0 Å². The van der Waals surface area contributed by atoms with E-state index in [2.05, 4.69) is 41.1 Å². The maximum atomic E-state index is 11.8. The van der Waals surface area contributed by atoms with Crippen molar-refractivity contribution in [3.63, 3.8) is 0 Å². The van der Waals surface area contributed by atoms with Crippen LogP contribution in [0.25, 0.3) is 0 Å². The number of hydrogen-bond acceptors (Lipinski definition) is 4. The summed E-state index contributed by atoms with van der Waals surface area (Å²) in [5.74, 6) is 0.222. The summed E-state index contributed by atoms with van der Waals surface area (Å²) < 4.78 is 25.0. The summed E-state index contributed by atoms with van der Waals surface area (Å²) >= 11 is 0. The Balaban J connectivity index is 1.84. The van der Waals surface area contributed by atoms with Gasteiger partial charge in [0.1, 0.15) is 0 Å². The highest BCUT2D eigenvalue weighted by molar-refractivity contribution is 7.89. The molecule has 0 N–H and O–H groups in total. The zero-order chi connectivity index (χ0) is 16.9. The minimum atomic E-state index is -3.08. The number of benzene rings is 1. The van der Waals surface area contributed by atoms with E-state index in [1.807, 2.05) is 6.07 Å². The molecular weight excluding hydrogens is 310 g/mol. The van der Waals surface area contributed by atoms with Gasteiger partial charge in [-0.1, -0.05) is 18.2 Å². The van der Waals surface area contributed by atoms with E-state index in [1.54, 1.807) is 14.1 Å². The Kier molecular flexibility index (Phi) is 6.44. The fourth-order valence-electron chi connectivity index (χ4n) is 3.05. The van der Waals surface area contributed by atoms with Gasteiger partial charge in [0.05, 0.1) is 5.75 Å². The molecular formula is C17H29N3O2S. The molecule has 0 unspecified atom stereocenters. The quantitative estimate of drug-likeness (QED) is 0.761. The molecule has 5 nitrogen and oxygen atoms in total. The van der Waals surface area contributed by atoms with Crippen LogP contribution in [0.5, 0.6) is 0 Å². The van der Waals surface area contributed by atoms with Crippen molar-refractivity contribution in [2.24, 2.45) is 0 Å². The van der Waals surface area contributed by atoms with Crippen molar-refractivity contribution in [3.8, 4) is 0 Å². The second-order valence-electron chi connectivity index (χ2n) is 6.51. The fraction of sp³-hybridized carbons (Fsp3) is 0.647. The number of sulfonamides is 1. The molecule has 130 valence electrons. The molecule has 1 fully saturated rings. The zero-order valence-corrected chi connectivity index (χ0v) is 15.3. The van der Waals surface area contributed by atoms with Gasteiger partial charge < -0.3 is 9.80 Å². The van der Waals surface area contributed by atoms with E-state index in [1.165, 1.54) is 22.8 Å². The predicted molar refractivity (Wildman–Crippen MR) is 96.4 cm³/mol. The monoisotopic (exact) mass is 339 g/mol. The first-order chi connectivity index (χ1) is 10.9. The highest BCUT2D eigenvalue weighted by Crippen LogP contribution is 2.21. The second kappa shape index (κ2) is 8.13. The van der Waals surface area contributed by atoms with Gasteiger partial charge in [-0.05, 0) is 45.0 Å². The lowest BCUT2D eigenvalue weighted by Gasteiger charge is -2.39. The summed E-state index contributed by atoms with van der Waals surface area (Å²) in [4.78, 5) is 4.75. The standard InChI is InChI=1S/C17H29N3O2S/c1-18(2)23(21,22)14-8-12-19(3)17-11-7-13-20(15-17)16-9-5-4-6-10-16/h4-6,9-10,17H,7-8,11-15H2,1-3H3/t17-/m1/s1. The van der Waals surface area contributed by atoms with Crippen LogP contribution in [-0.2, 0) is 10.0 Å². The van der Waals surface area contributed by atoms with Crippen molar-refractivity contribution in [1.29, 1.82) is 0 Å². The fourth-order valence-corrected chi connectivity index (χ4v) is 3.91. The van der Waals surface area contributed by atoms with Gasteiger partial charge in [-0.3, -0.25) is 0 Å². The van der Waals surface area contributed by atoms with E-state index in [0.29, 0.717) is 12.5 Å². The largest absolute Gasteiger partial charge is 0.370 e. The third-order valence-corrected chi connectivity index (χ3v) is 6.53. The van der Waals surface area contributed by atoms with Gasteiger partial charge in [-0.25, -0.2) is 12.7 Å². The second-order valence-corrected chi connectivity index (χ2v) is 8.81. The molecule has 1 saturated heterocycles. The van der Waals surface area contributed by atoms with Gasteiger partial charge in [0.25, 0.3) is 0 Å². The van der Waals surface area contributed by atoms with Crippen LogP contribution in [0, 0.1) is 0 Å². The highest BCUT2D eigenvalue weighted by Gasteiger charge is 2.23. The molecule has 1 aromatic carbocycles. The molecule has 0 saturated carbocycles. The van der Waals surface area contributed by atoms with E-state index in [-0.39, 0.29) is 5.75 Å². The third-order valence-electron chi connectivity index (χ3n) is 4.61. The first-order valence-corrected chi connectivity index (χ1v) is 9.91. The van der Waals surface area contributed by atoms with E-state index < -0.39 is 10.0 Å². The smallest absolute Gasteiger partial charge is 0.213 e. The summed E-state index contributed by atoms with van der Waals surface area (Å²) in [6, 6.07) is 11.0. The number of para-hydroxylation sites is 1. The molecule has 1 aromatic rings. The predicted octanol–water partition coefficient (Wildman–Crippen LogP) is 1.87. The summed E-state index contributed by atoms with van der Waals surface area (Å²) in [6.45, 7) is 2.94. The van der Waals surface area contributed by atoms with Gasteiger partial charge in [-0.2, -0.15) is 0 Å². The minimum absolute atomic E-state index is 0.222. The molecule has 0 radical (unpaired) electrons. The van der Waals surface area contributed by atoms with Crippen LogP contribution in [0.1, 0.15) is 19.3 Å². The Hall–Kier alpha value is -1.11. The third kappa shape index (κ3) is 5.19.